The molecule has 0 amide bonds. The first kappa shape index (κ1) is 12.4. The van der Waals surface area contributed by atoms with E-state index < -0.39 is 0 Å². The van der Waals surface area contributed by atoms with Crippen molar-refractivity contribution in [2.75, 3.05) is 14.2 Å². The molecule has 1 aromatic heterocycles. The highest BCUT2D eigenvalue weighted by atomic mass is 16.5. The topological polar surface area (TPSA) is 60.0 Å². The Morgan fingerprint density at radius 1 is 1.17 bits per heavy atom. The average molecular weight is 247 g/mol. The smallest absolute Gasteiger partial charge is 0.185 e. The van der Waals surface area contributed by atoms with Crippen molar-refractivity contribution in [2.24, 2.45) is 0 Å². The van der Waals surface area contributed by atoms with Crippen LogP contribution in [0.15, 0.2) is 18.2 Å². The van der Waals surface area contributed by atoms with E-state index in [0.29, 0.717) is 11.7 Å². The Labute approximate surface area is 106 Å². The fraction of sp³-hybridized carbons (Fsp3) is 0.385. The molecule has 0 spiro atoms. The lowest BCUT2D eigenvalue weighted by Crippen LogP contribution is -1.92. The molecule has 1 N–H and O–H groups in total. The van der Waals surface area contributed by atoms with Crippen molar-refractivity contribution in [3.05, 3.63) is 24.0 Å². The van der Waals surface area contributed by atoms with E-state index in [1.807, 2.05) is 18.2 Å². The fourth-order valence-electron chi connectivity index (χ4n) is 1.64. The van der Waals surface area contributed by atoms with Crippen molar-refractivity contribution in [1.82, 2.24) is 15.2 Å². The van der Waals surface area contributed by atoms with Crippen molar-refractivity contribution in [3.63, 3.8) is 0 Å². The highest BCUT2D eigenvalue weighted by molar-refractivity contribution is 5.66. The number of rotatable bonds is 4. The second-order valence-corrected chi connectivity index (χ2v) is 4.27. The zero-order valence-electron chi connectivity index (χ0n) is 11.0. The maximum atomic E-state index is 5.32. The van der Waals surface area contributed by atoms with E-state index in [9.17, 15) is 0 Å². The Morgan fingerprint density at radius 2 is 1.94 bits per heavy atom. The predicted octanol–water partition coefficient (Wildman–Crippen LogP) is 2.61. The first-order chi connectivity index (χ1) is 8.65. The quantitative estimate of drug-likeness (QED) is 0.902. The van der Waals surface area contributed by atoms with E-state index in [1.54, 1.807) is 14.2 Å². The molecule has 0 atom stereocenters. The molecule has 5 heteroatoms. The van der Waals surface area contributed by atoms with Gasteiger partial charge in [0.05, 0.1) is 19.8 Å². The molecule has 18 heavy (non-hydrogen) atoms. The second-order valence-electron chi connectivity index (χ2n) is 4.27. The summed E-state index contributed by atoms with van der Waals surface area (Å²) in [7, 11) is 3.25. The number of H-pyrrole nitrogens is 1. The molecule has 0 saturated heterocycles. The van der Waals surface area contributed by atoms with Crippen LogP contribution in [0.5, 0.6) is 11.5 Å². The van der Waals surface area contributed by atoms with Crippen LogP contribution in [-0.2, 0) is 0 Å². The minimum Gasteiger partial charge on any atom is -0.497 e. The molecule has 0 aliphatic heterocycles. The molecule has 0 radical (unpaired) electrons. The maximum Gasteiger partial charge on any atom is 0.185 e. The SMILES string of the molecule is COc1ccc(OC)c(-c2n[nH]c(C(C)C)n2)c1. The number of aromatic amines is 1. The van der Waals surface area contributed by atoms with Gasteiger partial charge in [-0.05, 0) is 18.2 Å². The summed E-state index contributed by atoms with van der Waals surface area (Å²) in [6.07, 6.45) is 0. The molecule has 0 aliphatic rings. The monoisotopic (exact) mass is 247 g/mol. The third-order valence-corrected chi connectivity index (χ3v) is 2.70. The summed E-state index contributed by atoms with van der Waals surface area (Å²) in [4.78, 5) is 4.46. The van der Waals surface area contributed by atoms with Crippen LogP contribution in [0.25, 0.3) is 11.4 Å². The summed E-state index contributed by atoms with van der Waals surface area (Å²) < 4.78 is 10.5. The number of hydrogen-bond donors (Lipinski definition) is 1. The van der Waals surface area contributed by atoms with Gasteiger partial charge in [-0.25, -0.2) is 4.98 Å². The zero-order chi connectivity index (χ0) is 13.1. The number of ether oxygens (including phenoxy) is 2. The number of nitrogens with one attached hydrogen (secondary N) is 1. The molecule has 2 rings (SSSR count). The Kier molecular flexibility index (Phi) is 3.50. The standard InChI is InChI=1S/C13H17N3O2/c1-8(2)12-14-13(16-15-12)10-7-9(17-3)5-6-11(10)18-4/h5-8H,1-4H3,(H,14,15,16). The molecule has 0 unspecified atom stereocenters. The molecular formula is C13H17N3O2. The van der Waals surface area contributed by atoms with Crippen molar-refractivity contribution < 1.29 is 9.47 Å². The average Bonchev–Trinajstić information content (AvgIpc) is 2.87. The van der Waals surface area contributed by atoms with E-state index in [2.05, 4.69) is 29.0 Å². The molecule has 2 aromatic rings. The van der Waals surface area contributed by atoms with Crippen LogP contribution >= 0.6 is 0 Å². The van der Waals surface area contributed by atoms with Gasteiger partial charge in [0, 0.05) is 5.92 Å². The molecule has 0 bridgehead atoms. The Balaban J connectivity index is 2.46. The number of hydrogen-bond acceptors (Lipinski definition) is 4. The van der Waals surface area contributed by atoms with Gasteiger partial charge in [-0.15, -0.1) is 0 Å². The number of nitrogens with zero attached hydrogens (tertiary/aromatic N) is 2. The first-order valence-corrected chi connectivity index (χ1v) is 5.80. The lowest BCUT2D eigenvalue weighted by molar-refractivity contribution is 0.404. The Morgan fingerprint density at radius 3 is 2.50 bits per heavy atom. The normalized spacial score (nSPS) is 10.7. The maximum absolute atomic E-state index is 5.32. The van der Waals surface area contributed by atoms with Crippen LogP contribution < -0.4 is 9.47 Å². The van der Waals surface area contributed by atoms with Gasteiger partial charge in [-0.3, -0.25) is 5.10 Å². The number of benzene rings is 1. The fourth-order valence-corrected chi connectivity index (χ4v) is 1.64. The van der Waals surface area contributed by atoms with E-state index in [4.69, 9.17) is 9.47 Å². The molecule has 0 aliphatic carbocycles. The minimum atomic E-state index is 0.308. The second kappa shape index (κ2) is 5.08. The Bertz CT molecular complexity index is 535. The molecule has 0 saturated carbocycles. The summed E-state index contributed by atoms with van der Waals surface area (Å²) in [5, 5.41) is 7.16. The van der Waals surface area contributed by atoms with Crippen molar-refractivity contribution in [2.45, 2.75) is 19.8 Å². The van der Waals surface area contributed by atoms with Crippen molar-refractivity contribution in [3.8, 4) is 22.9 Å². The van der Waals surface area contributed by atoms with E-state index in [-0.39, 0.29) is 0 Å². The number of methoxy groups -OCH3 is 2. The van der Waals surface area contributed by atoms with Crippen LogP contribution in [0, 0.1) is 0 Å². The summed E-state index contributed by atoms with van der Waals surface area (Å²) in [6.45, 7) is 4.13. The third-order valence-electron chi connectivity index (χ3n) is 2.70. The summed E-state index contributed by atoms with van der Waals surface area (Å²) in [6, 6.07) is 5.56. The van der Waals surface area contributed by atoms with Crippen LogP contribution in [0.1, 0.15) is 25.6 Å². The van der Waals surface area contributed by atoms with Crippen LogP contribution in [0.2, 0.25) is 0 Å². The molecule has 1 heterocycles. The lowest BCUT2D eigenvalue weighted by Gasteiger charge is -2.07. The largest absolute Gasteiger partial charge is 0.497 e. The van der Waals surface area contributed by atoms with E-state index >= 15 is 0 Å². The third kappa shape index (κ3) is 2.30. The lowest BCUT2D eigenvalue weighted by atomic mass is 10.1. The predicted molar refractivity (Wildman–Crippen MR) is 69.0 cm³/mol. The summed E-state index contributed by atoms with van der Waals surface area (Å²) in [5.74, 6) is 3.26. The van der Waals surface area contributed by atoms with Gasteiger partial charge in [-0.1, -0.05) is 13.8 Å². The van der Waals surface area contributed by atoms with Crippen LogP contribution in [-0.4, -0.2) is 29.4 Å². The first-order valence-electron chi connectivity index (χ1n) is 5.80. The van der Waals surface area contributed by atoms with E-state index in [1.165, 1.54) is 0 Å². The van der Waals surface area contributed by atoms with Crippen LogP contribution in [0.3, 0.4) is 0 Å². The van der Waals surface area contributed by atoms with Crippen molar-refractivity contribution in [1.29, 1.82) is 0 Å². The minimum absolute atomic E-state index is 0.308. The van der Waals surface area contributed by atoms with Gasteiger partial charge in [0.2, 0.25) is 0 Å². The summed E-state index contributed by atoms with van der Waals surface area (Å²) >= 11 is 0. The van der Waals surface area contributed by atoms with Gasteiger partial charge < -0.3 is 9.47 Å². The summed E-state index contributed by atoms with van der Waals surface area (Å²) in [5.41, 5.74) is 0.819. The molecule has 96 valence electrons. The van der Waals surface area contributed by atoms with Crippen molar-refractivity contribution >= 4 is 0 Å². The zero-order valence-corrected chi connectivity index (χ0v) is 11.0. The van der Waals surface area contributed by atoms with Gasteiger partial charge >= 0.3 is 0 Å². The highest BCUT2D eigenvalue weighted by Gasteiger charge is 2.13. The highest BCUT2D eigenvalue weighted by Crippen LogP contribution is 2.31. The molecule has 5 nitrogen and oxygen atoms in total. The molecular weight excluding hydrogens is 230 g/mol. The van der Waals surface area contributed by atoms with Gasteiger partial charge in [0.1, 0.15) is 17.3 Å². The van der Waals surface area contributed by atoms with Crippen LogP contribution in [0.4, 0.5) is 0 Å². The van der Waals surface area contributed by atoms with Gasteiger partial charge in [-0.2, -0.15) is 5.10 Å². The van der Waals surface area contributed by atoms with Gasteiger partial charge in [0.15, 0.2) is 5.82 Å². The molecule has 1 aromatic carbocycles. The van der Waals surface area contributed by atoms with E-state index in [0.717, 1.165) is 22.9 Å². The molecule has 0 fully saturated rings. The Hall–Kier alpha value is -2.04. The van der Waals surface area contributed by atoms with Gasteiger partial charge in [0.25, 0.3) is 0 Å². The number of aromatic nitrogens is 3.